The van der Waals surface area contributed by atoms with Crippen molar-refractivity contribution in [2.45, 2.75) is 33.2 Å². The number of ether oxygens (including phenoxy) is 1. The van der Waals surface area contributed by atoms with Crippen LogP contribution in [0.2, 0.25) is 0 Å². The smallest absolute Gasteiger partial charge is 0.0620 e. The highest BCUT2D eigenvalue weighted by Crippen LogP contribution is 2.52. The molecule has 1 aliphatic rings. The largest absolute Gasteiger partial charge is 0.380 e. The minimum absolute atomic E-state index is 0.255. The van der Waals surface area contributed by atoms with Crippen molar-refractivity contribution in [1.82, 2.24) is 0 Å². The van der Waals surface area contributed by atoms with Gasteiger partial charge in [0.1, 0.15) is 0 Å². The fourth-order valence-corrected chi connectivity index (χ4v) is 1.61. The van der Waals surface area contributed by atoms with Crippen molar-refractivity contribution in [3.63, 3.8) is 0 Å². The average molecular weight is 157 g/mol. The molecule has 0 spiro atoms. The molecule has 0 aromatic heterocycles. The van der Waals surface area contributed by atoms with Crippen molar-refractivity contribution in [2.75, 3.05) is 13.2 Å². The molecule has 1 fully saturated rings. The quantitative estimate of drug-likeness (QED) is 0.669. The van der Waals surface area contributed by atoms with Gasteiger partial charge in [0, 0.05) is 12.6 Å². The van der Waals surface area contributed by atoms with Gasteiger partial charge in [0.15, 0.2) is 0 Å². The fraction of sp³-hybridized carbons (Fsp3) is 1.00. The second kappa shape index (κ2) is 3.11. The van der Waals surface area contributed by atoms with Crippen LogP contribution in [0.25, 0.3) is 0 Å². The third-order valence-electron chi connectivity index (χ3n) is 2.62. The van der Waals surface area contributed by atoms with Crippen molar-refractivity contribution < 1.29 is 4.74 Å². The number of rotatable bonds is 4. The van der Waals surface area contributed by atoms with E-state index in [1.165, 1.54) is 6.42 Å². The van der Waals surface area contributed by atoms with Crippen LogP contribution in [0.15, 0.2) is 0 Å². The van der Waals surface area contributed by atoms with Gasteiger partial charge in [-0.25, -0.2) is 0 Å². The molecule has 2 N–H and O–H groups in total. The predicted octanol–water partition coefficient (Wildman–Crippen LogP) is 1.40. The Morgan fingerprint density at radius 1 is 1.64 bits per heavy atom. The molecule has 2 unspecified atom stereocenters. The van der Waals surface area contributed by atoms with Crippen molar-refractivity contribution >= 4 is 0 Å². The monoisotopic (exact) mass is 157 g/mol. The standard InChI is InChI=1S/C9H19NO/c1-4-11-6-8(10)7-5-9(7,2)3/h7-8H,4-6,10H2,1-3H3. The number of hydrogen-bond donors (Lipinski definition) is 1. The van der Waals surface area contributed by atoms with Crippen LogP contribution in [0.5, 0.6) is 0 Å². The summed E-state index contributed by atoms with van der Waals surface area (Å²) >= 11 is 0. The van der Waals surface area contributed by atoms with E-state index in [-0.39, 0.29) is 6.04 Å². The minimum Gasteiger partial charge on any atom is -0.380 e. The van der Waals surface area contributed by atoms with Crippen LogP contribution in [0.1, 0.15) is 27.2 Å². The molecular formula is C9H19NO. The first-order chi connectivity index (χ1) is 5.08. The van der Waals surface area contributed by atoms with E-state index in [1.807, 2.05) is 6.92 Å². The van der Waals surface area contributed by atoms with Gasteiger partial charge in [-0.05, 0) is 24.7 Å². The Bertz CT molecular complexity index is 134. The summed E-state index contributed by atoms with van der Waals surface area (Å²) in [7, 11) is 0. The number of nitrogens with two attached hydrogens (primary N) is 1. The Hall–Kier alpha value is -0.0800. The summed E-state index contributed by atoms with van der Waals surface area (Å²) in [5.41, 5.74) is 6.40. The Morgan fingerprint density at radius 3 is 2.55 bits per heavy atom. The van der Waals surface area contributed by atoms with Crippen LogP contribution in [0, 0.1) is 11.3 Å². The van der Waals surface area contributed by atoms with Gasteiger partial charge in [0.05, 0.1) is 6.61 Å². The molecule has 0 heterocycles. The van der Waals surface area contributed by atoms with E-state index in [4.69, 9.17) is 10.5 Å². The summed E-state index contributed by atoms with van der Waals surface area (Å²) in [5, 5.41) is 0. The zero-order valence-corrected chi connectivity index (χ0v) is 7.76. The highest BCUT2D eigenvalue weighted by Gasteiger charge is 2.48. The summed E-state index contributed by atoms with van der Waals surface area (Å²) in [5.74, 6) is 0.689. The molecule has 2 nitrogen and oxygen atoms in total. The summed E-state index contributed by atoms with van der Waals surface area (Å²) in [4.78, 5) is 0. The second-order valence-electron chi connectivity index (χ2n) is 4.12. The minimum atomic E-state index is 0.255. The van der Waals surface area contributed by atoms with E-state index in [2.05, 4.69) is 13.8 Å². The Balaban J connectivity index is 2.17. The van der Waals surface area contributed by atoms with E-state index < -0.39 is 0 Å². The average Bonchev–Trinajstić information content (AvgIpc) is 2.55. The molecule has 1 aliphatic carbocycles. The fourth-order valence-electron chi connectivity index (χ4n) is 1.61. The molecule has 0 amide bonds. The Morgan fingerprint density at radius 2 is 2.18 bits per heavy atom. The van der Waals surface area contributed by atoms with Gasteiger partial charge in [-0.15, -0.1) is 0 Å². The third-order valence-corrected chi connectivity index (χ3v) is 2.62. The molecule has 1 rings (SSSR count). The maximum atomic E-state index is 5.92. The van der Waals surface area contributed by atoms with Crippen LogP contribution in [-0.4, -0.2) is 19.3 Å². The summed E-state index contributed by atoms with van der Waals surface area (Å²) in [6, 6.07) is 0.255. The van der Waals surface area contributed by atoms with E-state index >= 15 is 0 Å². The van der Waals surface area contributed by atoms with Gasteiger partial charge in [-0.3, -0.25) is 0 Å². The molecule has 0 bridgehead atoms. The highest BCUT2D eigenvalue weighted by atomic mass is 16.5. The van der Waals surface area contributed by atoms with Crippen LogP contribution in [0.4, 0.5) is 0 Å². The molecule has 0 saturated heterocycles. The molecule has 0 aromatic carbocycles. The Kier molecular flexibility index (Phi) is 2.55. The van der Waals surface area contributed by atoms with Crippen molar-refractivity contribution in [3.05, 3.63) is 0 Å². The summed E-state index contributed by atoms with van der Waals surface area (Å²) in [6.07, 6.45) is 1.27. The molecule has 1 saturated carbocycles. The van der Waals surface area contributed by atoms with E-state index in [1.54, 1.807) is 0 Å². The molecular weight excluding hydrogens is 138 g/mol. The maximum Gasteiger partial charge on any atom is 0.0620 e. The van der Waals surface area contributed by atoms with E-state index in [0.717, 1.165) is 13.2 Å². The van der Waals surface area contributed by atoms with Crippen LogP contribution >= 0.6 is 0 Å². The predicted molar refractivity (Wildman–Crippen MR) is 46.4 cm³/mol. The lowest BCUT2D eigenvalue weighted by Gasteiger charge is -2.12. The van der Waals surface area contributed by atoms with Gasteiger partial charge in [0.25, 0.3) is 0 Å². The van der Waals surface area contributed by atoms with Crippen LogP contribution in [0.3, 0.4) is 0 Å². The topological polar surface area (TPSA) is 35.2 Å². The SMILES string of the molecule is CCOCC(N)C1CC1(C)C. The molecule has 0 aromatic rings. The maximum absolute atomic E-state index is 5.92. The molecule has 0 radical (unpaired) electrons. The third kappa shape index (κ3) is 2.17. The molecule has 0 aliphatic heterocycles. The first-order valence-electron chi connectivity index (χ1n) is 4.41. The zero-order valence-electron chi connectivity index (χ0n) is 7.76. The molecule has 11 heavy (non-hydrogen) atoms. The van der Waals surface area contributed by atoms with Gasteiger partial charge < -0.3 is 10.5 Å². The van der Waals surface area contributed by atoms with Crippen molar-refractivity contribution in [2.24, 2.45) is 17.1 Å². The lowest BCUT2D eigenvalue weighted by atomic mass is 10.1. The van der Waals surface area contributed by atoms with Gasteiger partial charge in [-0.2, -0.15) is 0 Å². The lowest BCUT2D eigenvalue weighted by Crippen LogP contribution is -2.30. The Labute approximate surface area is 69.1 Å². The normalized spacial score (nSPS) is 30.0. The van der Waals surface area contributed by atoms with Crippen LogP contribution in [-0.2, 0) is 4.74 Å². The van der Waals surface area contributed by atoms with Crippen molar-refractivity contribution in [1.29, 1.82) is 0 Å². The van der Waals surface area contributed by atoms with Gasteiger partial charge >= 0.3 is 0 Å². The van der Waals surface area contributed by atoms with Crippen molar-refractivity contribution in [3.8, 4) is 0 Å². The van der Waals surface area contributed by atoms with Crippen LogP contribution < -0.4 is 5.73 Å². The van der Waals surface area contributed by atoms with Gasteiger partial charge in [0.2, 0.25) is 0 Å². The highest BCUT2D eigenvalue weighted by molar-refractivity contribution is 5.00. The summed E-state index contributed by atoms with van der Waals surface area (Å²) in [6.45, 7) is 8.04. The molecule has 66 valence electrons. The van der Waals surface area contributed by atoms with E-state index in [0.29, 0.717) is 11.3 Å². The molecule has 2 heteroatoms. The number of hydrogen-bond acceptors (Lipinski definition) is 2. The summed E-state index contributed by atoms with van der Waals surface area (Å²) < 4.78 is 5.26. The molecule has 2 atom stereocenters. The second-order valence-corrected chi connectivity index (χ2v) is 4.12. The van der Waals surface area contributed by atoms with E-state index in [9.17, 15) is 0 Å². The first-order valence-corrected chi connectivity index (χ1v) is 4.41. The first kappa shape index (κ1) is 9.01. The zero-order chi connectivity index (χ0) is 8.48. The van der Waals surface area contributed by atoms with Gasteiger partial charge in [-0.1, -0.05) is 13.8 Å². The lowest BCUT2D eigenvalue weighted by molar-refractivity contribution is 0.124.